The van der Waals surface area contributed by atoms with Crippen molar-refractivity contribution >= 4 is 15.7 Å². The van der Waals surface area contributed by atoms with E-state index < -0.39 is 10.0 Å². The van der Waals surface area contributed by atoms with Gasteiger partial charge in [0, 0.05) is 19.1 Å². The van der Waals surface area contributed by atoms with Crippen LogP contribution in [0.5, 0.6) is 5.75 Å². The molecule has 0 aliphatic carbocycles. The second-order valence-corrected chi connectivity index (χ2v) is 7.55. The van der Waals surface area contributed by atoms with E-state index >= 15 is 0 Å². The number of likely N-dealkylation sites (N-methyl/N-ethyl adjacent to an activating group) is 1. The zero-order chi connectivity index (χ0) is 15.5. The Labute approximate surface area is 126 Å². The van der Waals surface area contributed by atoms with Crippen molar-refractivity contribution in [2.24, 2.45) is 0 Å². The van der Waals surface area contributed by atoms with Gasteiger partial charge in [0.15, 0.2) is 0 Å². The van der Waals surface area contributed by atoms with Crippen molar-refractivity contribution in [1.82, 2.24) is 9.21 Å². The minimum Gasteiger partial charge on any atom is -0.490 e. The highest BCUT2D eigenvalue weighted by atomic mass is 32.2. The molecule has 118 valence electrons. The van der Waals surface area contributed by atoms with Crippen LogP contribution in [0, 0.1) is 0 Å². The molecule has 1 aliphatic heterocycles. The van der Waals surface area contributed by atoms with Gasteiger partial charge in [0.25, 0.3) is 0 Å². The van der Waals surface area contributed by atoms with Gasteiger partial charge in [-0.25, -0.2) is 12.7 Å². The fraction of sp³-hybridized carbons (Fsp3) is 0.571. The third-order valence-corrected chi connectivity index (χ3v) is 5.57. The number of hydrogen-bond acceptors (Lipinski definition) is 5. The Hall–Kier alpha value is -1.31. The summed E-state index contributed by atoms with van der Waals surface area (Å²) < 4.78 is 31.6. The fourth-order valence-electron chi connectivity index (χ4n) is 2.38. The molecule has 6 nitrogen and oxygen atoms in total. The number of nitrogens with two attached hydrogens (primary N) is 1. The van der Waals surface area contributed by atoms with E-state index in [2.05, 4.69) is 4.90 Å². The maximum atomic E-state index is 12.3. The summed E-state index contributed by atoms with van der Waals surface area (Å²) in [5, 5.41) is 0. The smallest absolute Gasteiger partial charge is 0.217 e. The van der Waals surface area contributed by atoms with E-state index in [0.29, 0.717) is 30.6 Å². The highest BCUT2D eigenvalue weighted by Crippen LogP contribution is 2.20. The van der Waals surface area contributed by atoms with Gasteiger partial charge in [-0.15, -0.1) is 0 Å². The number of rotatable bonds is 6. The molecule has 0 spiro atoms. The third kappa shape index (κ3) is 4.09. The molecule has 0 saturated carbocycles. The van der Waals surface area contributed by atoms with Crippen LogP contribution in [-0.4, -0.2) is 63.2 Å². The van der Waals surface area contributed by atoms with E-state index in [1.165, 1.54) is 0 Å². The van der Waals surface area contributed by atoms with Crippen LogP contribution in [0.3, 0.4) is 0 Å². The predicted octanol–water partition coefficient (Wildman–Crippen LogP) is 0.613. The van der Waals surface area contributed by atoms with Crippen LogP contribution in [0.2, 0.25) is 0 Å². The van der Waals surface area contributed by atoms with Crippen LogP contribution < -0.4 is 10.5 Å². The first kappa shape index (κ1) is 16.1. The second kappa shape index (κ2) is 6.64. The van der Waals surface area contributed by atoms with Gasteiger partial charge in [0.05, 0.1) is 11.4 Å². The van der Waals surface area contributed by atoms with E-state index in [9.17, 15) is 8.42 Å². The topological polar surface area (TPSA) is 75.9 Å². The molecule has 1 unspecified atom stereocenters. The monoisotopic (exact) mass is 313 g/mol. The van der Waals surface area contributed by atoms with E-state index in [0.717, 1.165) is 6.42 Å². The maximum absolute atomic E-state index is 12.3. The quantitative estimate of drug-likeness (QED) is 0.779. The van der Waals surface area contributed by atoms with Crippen molar-refractivity contribution in [2.45, 2.75) is 12.5 Å². The van der Waals surface area contributed by atoms with Crippen LogP contribution in [0.15, 0.2) is 24.3 Å². The van der Waals surface area contributed by atoms with Gasteiger partial charge in [0.2, 0.25) is 10.0 Å². The normalized spacial score (nSPS) is 20.0. The highest BCUT2D eigenvalue weighted by molar-refractivity contribution is 7.89. The summed E-state index contributed by atoms with van der Waals surface area (Å²) in [4.78, 5) is 2.07. The predicted molar refractivity (Wildman–Crippen MR) is 83.8 cm³/mol. The van der Waals surface area contributed by atoms with Gasteiger partial charge in [-0.05, 0) is 32.6 Å². The van der Waals surface area contributed by atoms with Gasteiger partial charge in [-0.3, -0.25) is 0 Å². The molecule has 0 bridgehead atoms. The van der Waals surface area contributed by atoms with Crippen molar-refractivity contribution in [3.63, 3.8) is 0 Å². The molecule has 1 fully saturated rings. The summed E-state index contributed by atoms with van der Waals surface area (Å²) in [6.45, 7) is 1.25. The summed E-state index contributed by atoms with van der Waals surface area (Å²) in [6.07, 6.45) is 0.874. The lowest BCUT2D eigenvalue weighted by Crippen LogP contribution is -2.36. The molecule has 1 heterocycles. The zero-order valence-corrected chi connectivity index (χ0v) is 13.3. The molecule has 2 N–H and O–H groups in total. The largest absolute Gasteiger partial charge is 0.490 e. The van der Waals surface area contributed by atoms with E-state index in [1.54, 1.807) is 16.4 Å². The molecule has 2 rings (SSSR count). The first-order valence-corrected chi connectivity index (χ1v) is 8.62. The number of anilines is 1. The Morgan fingerprint density at radius 1 is 1.38 bits per heavy atom. The SMILES string of the molecule is CN(C)C1CCN(S(=O)(=O)CCOc2ccccc2N)C1. The summed E-state index contributed by atoms with van der Waals surface area (Å²) in [5.41, 5.74) is 6.27. The van der Waals surface area contributed by atoms with Crippen LogP contribution in [0.1, 0.15) is 6.42 Å². The molecule has 1 saturated heterocycles. The summed E-state index contributed by atoms with van der Waals surface area (Å²) >= 11 is 0. The van der Waals surface area contributed by atoms with Crippen LogP contribution in [0.25, 0.3) is 0 Å². The number of ether oxygens (including phenoxy) is 1. The van der Waals surface area contributed by atoms with E-state index in [4.69, 9.17) is 10.5 Å². The van der Waals surface area contributed by atoms with Crippen molar-refractivity contribution < 1.29 is 13.2 Å². The molecule has 0 aromatic heterocycles. The Kier molecular flexibility index (Phi) is 5.08. The molecular formula is C14H23N3O3S. The summed E-state index contributed by atoms with van der Waals surface area (Å²) in [5.74, 6) is 0.502. The zero-order valence-electron chi connectivity index (χ0n) is 12.5. The van der Waals surface area contributed by atoms with Gasteiger partial charge in [-0.2, -0.15) is 0 Å². The van der Waals surface area contributed by atoms with Gasteiger partial charge in [0.1, 0.15) is 12.4 Å². The number of nitrogen functional groups attached to an aromatic ring is 1. The lowest BCUT2D eigenvalue weighted by molar-refractivity contribution is 0.301. The Morgan fingerprint density at radius 3 is 2.71 bits per heavy atom. The summed E-state index contributed by atoms with van der Waals surface area (Å²) in [6, 6.07) is 7.38. The lowest BCUT2D eigenvalue weighted by Gasteiger charge is -2.20. The minimum absolute atomic E-state index is 0.0263. The Bertz CT molecular complexity index is 575. The first-order chi connectivity index (χ1) is 9.90. The standard InChI is InChI=1S/C14H23N3O3S/c1-16(2)12-7-8-17(11-12)21(18,19)10-9-20-14-6-4-3-5-13(14)15/h3-6,12H,7-11,15H2,1-2H3. The third-order valence-electron chi connectivity index (χ3n) is 3.77. The maximum Gasteiger partial charge on any atom is 0.217 e. The molecule has 1 aromatic rings. The molecular weight excluding hydrogens is 290 g/mol. The number of nitrogens with zero attached hydrogens (tertiary/aromatic N) is 2. The average molecular weight is 313 g/mol. The summed E-state index contributed by atoms with van der Waals surface area (Å²) in [7, 11) is 0.680. The minimum atomic E-state index is -3.27. The van der Waals surface area contributed by atoms with Crippen LogP contribution in [0.4, 0.5) is 5.69 Å². The van der Waals surface area contributed by atoms with Crippen molar-refractivity contribution in [2.75, 3.05) is 45.3 Å². The lowest BCUT2D eigenvalue weighted by atomic mass is 10.2. The number of para-hydroxylation sites is 2. The average Bonchev–Trinajstić information content (AvgIpc) is 2.91. The van der Waals surface area contributed by atoms with E-state index in [-0.39, 0.29) is 12.4 Å². The molecule has 21 heavy (non-hydrogen) atoms. The van der Waals surface area contributed by atoms with Crippen molar-refractivity contribution in [1.29, 1.82) is 0 Å². The van der Waals surface area contributed by atoms with Gasteiger partial charge < -0.3 is 15.4 Å². The number of benzene rings is 1. The van der Waals surface area contributed by atoms with Crippen LogP contribution >= 0.6 is 0 Å². The first-order valence-electron chi connectivity index (χ1n) is 7.01. The molecule has 7 heteroatoms. The van der Waals surface area contributed by atoms with Gasteiger partial charge >= 0.3 is 0 Å². The fourth-order valence-corrected chi connectivity index (χ4v) is 3.72. The highest BCUT2D eigenvalue weighted by Gasteiger charge is 2.32. The Balaban J connectivity index is 1.86. The molecule has 0 amide bonds. The molecule has 1 aromatic carbocycles. The molecule has 1 aliphatic rings. The Morgan fingerprint density at radius 2 is 2.10 bits per heavy atom. The van der Waals surface area contributed by atoms with Crippen LogP contribution in [-0.2, 0) is 10.0 Å². The number of sulfonamides is 1. The van der Waals surface area contributed by atoms with Crippen molar-refractivity contribution in [3.8, 4) is 5.75 Å². The second-order valence-electron chi connectivity index (χ2n) is 5.47. The number of hydrogen-bond donors (Lipinski definition) is 1. The van der Waals surface area contributed by atoms with E-state index in [1.807, 2.05) is 26.2 Å². The molecule has 1 atom stereocenters. The van der Waals surface area contributed by atoms with Gasteiger partial charge in [-0.1, -0.05) is 12.1 Å². The van der Waals surface area contributed by atoms with Crippen molar-refractivity contribution in [3.05, 3.63) is 24.3 Å². The molecule has 0 radical (unpaired) electrons.